The molecule has 0 saturated carbocycles. The predicted molar refractivity (Wildman–Crippen MR) is 58.8 cm³/mol. The van der Waals surface area contributed by atoms with E-state index in [0.717, 1.165) is 6.42 Å². The maximum absolute atomic E-state index is 12.2. The van der Waals surface area contributed by atoms with Gasteiger partial charge >= 0.3 is 6.18 Å². The van der Waals surface area contributed by atoms with Crippen molar-refractivity contribution in [2.75, 3.05) is 32.1 Å². The Morgan fingerprint density at radius 2 is 2.19 bits per heavy atom. The zero-order valence-corrected chi connectivity index (χ0v) is 10.1. The Balaban J connectivity index is 2.35. The molecule has 16 heavy (non-hydrogen) atoms. The smallest absolute Gasteiger partial charge is 0.311 e. The van der Waals surface area contributed by atoms with E-state index in [0.29, 0.717) is 31.4 Å². The standard InChI is InChI=1S/C10H18ClF3N2/c1-8(5-11)4-9-6-16(3-2-15-9)7-10(12,13)14/h8-9,15H,2-7H2,1H3. The van der Waals surface area contributed by atoms with E-state index in [1.165, 1.54) is 4.90 Å². The highest BCUT2D eigenvalue weighted by molar-refractivity contribution is 6.18. The van der Waals surface area contributed by atoms with Gasteiger partial charge in [-0.3, -0.25) is 4.90 Å². The Morgan fingerprint density at radius 1 is 1.50 bits per heavy atom. The van der Waals surface area contributed by atoms with Crippen molar-refractivity contribution < 1.29 is 13.2 Å². The zero-order chi connectivity index (χ0) is 12.2. The molecule has 1 heterocycles. The van der Waals surface area contributed by atoms with E-state index in [2.05, 4.69) is 5.32 Å². The molecule has 1 aliphatic heterocycles. The molecular formula is C10H18ClF3N2. The van der Waals surface area contributed by atoms with Crippen LogP contribution < -0.4 is 5.32 Å². The van der Waals surface area contributed by atoms with Gasteiger partial charge in [0.1, 0.15) is 0 Å². The molecule has 0 radical (unpaired) electrons. The molecule has 2 atom stereocenters. The van der Waals surface area contributed by atoms with E-state index in [1.807, 2.05) is 6.92 Å². The van der Waals surface area contributed by atoms with Gasteiger partial charge in [-0.25, -0.2) is 0 Å². The van der Waals surface area contributed by atoms with Gasteiger partial charge in [0, 0.05) is 31.6 Å². The molecule has 0 aliphatic carbocycles. The number of rotatable bonds is 4. The van der Waals surface area contributed by atoms with Gasteiger partial charge in [0.25, 0.3) is 0 Å². The molecule has 1 aliphatic rings. The molecule has 0 bridgehead atoms. The van der Waals surface area contributed by atoms with Crippen LogP contribution in [0.1, 0.15) is 13.3 Å². The maximum Gasteiger partial charge on any atom is 0.401 e. The van der Waals surface area contributed by atoms with Gasteiger partial charge in [-0.15, -0.1) is 11.6 Å². The second kappa shape index (κ2) is 6.07. The fourth-order valence-corrected chi connectivity index (χ4v) is 2.12. The van der Waals surface area contributed by atoms with Gasteiger partial charge in [-0.1, -0.05) is 6.92 Å². The summed E-state index contributed by atoms with van der Waals surface area (Å²) in [6, 6.07) is 0.129. The van der Waals surface area contributed by atoms with Crippen molar-refractivity contribution in [3.8, 4) is 0 Å². The Labute approximate surface area is 99.1 Å². The highest BCUT2D eigenvalue weighted by Gasteiger charge is 2.32. The largest absolute Gasteiger partial charge is 0.401 e. The maximum atomic E-state index is 12.2. The third-order valence-corrected chi connectivity index (χ3v) is 3.22. The summed E-state index contributed by atoms with van der Waals surface area (Å²) < 4.78 is 36.6. The van der Waals surface area contributed by atoms with Gasteiger partial charge in [-0.05, 0) is 12.3 Å². The molecule has 0 spiro atoms. The lowest BCUT2D eigenvalue weighted by Gasteiger charge is -2.35. The van der Waals surface area contributed by atoms with Crippen LogP contribution in [0.25, 0.3) is 0 Å². The summed E-state index contributed by atoms with van der Waals surface area (Å²) in [4.78, 5) is 1.46. The highest BCUT2D eigenvalue weighted by Crippen LogP contribution is 2.18. The first kappa shape index (κ1) is 14.1. The molecule has 0 aromatic carbocycles. The van der Waals surface area contributed by atoms with Crippen molar-refractivity contribution in [3.63, 3.8) is 0 Å². The third-order valence-electron chi connectivity index (χ3n) is 2.69. The van der Waals surface area contributed by atoms with Crippen molar-refractivity contribution in [1.82, 2.24) is 10.2 Å². The number of hydrogen-bond donors (Lipinski definition) is 1. The van der Waals surface area contributed by atoms with E-state index >= 15 is 0 Å². The molecule has 0 amide bonds. The molecule has 0 aromatic heterocycles. The minimum absolute atomic E-state index is 0.129. The number of piperazine rings is 1. The molecule has 96 valence electrons. The highest BCUT2D eigenvalue weighted by atomic mass is 35.5. The summed E-state index contributed by atoms with van der Waals surface area (Å²) in [6.45, 7) is 2.75. The van der Waals surface area contributed by atoms with Crippen LogP contribution in [0.2, 0.25) is 0 Å². The predicted octanol–water partition coefficient (Wildman–Crippen LogP) is 2.09. The number of hydrogen-bond acceptors (Lipinski definition) is 2. The van der Waals surface area contributed by atoms with Crippen LogP contribution in [-0.4, -0.2) is 49.2 Å². The molecule has 0 aromatic rings. The first-order chi connectivity index (χ1) is 7.40. The number of alkyl halides is 4. The molecule has 1 N–H and O–H groups in total. The second-order valence-electron chi connectivity index (χ2n) is 4.50. The summed E-state index contributed by atoms with van der Waals surface area (Å²) in [5.74, 6) is 0.891. The van der Waals surface area contributed by atoms with Crippen molar-refractivity contribution in [2.45, 2.75) is 25.6 Å². The Hall–Kier alpha value is -0.0000000000000000486. The molecular weight excluding hydrogens is 241 g/mol. The summed E-state index contributed by atoms with van der Waals surface area (Å²) in [6.07, 6.45) is -3.27. The molecule has 1 rings (SSSR count). The quantitative estimate of drug-likeness (QED) is 0.777. The van der Waals surface area contributed by atoms with Crippen molar-refractivity contribution in [1.29, 1.82) is 0 Å². The Kier molecular flexibility index (Phi) is 5.34. The van der Waals surface area contributed by atoms with Crippen LogP contribution in [0.15, 0.2) is 0 Å². The van der Waals surface area contributed by atoms with E-state index < -0.39 is 12.7 Å². The summed E-state index contributed by atoms with van der Waals surface area (Å²) in [5.41, 5.74) is 0. The van der Waals surface area contributed by atoms with Crippen LogP contribution in [0.5, 0.6) is 0 Å². The lowest BCUT2D eigenvalue weighted by atomic mass is 10.0. The fraction of sp³-hybridized carbons (Fsp3) is 1.00. The van der Waals surface area contributed by atoms with Crippen LogP contribution in [-0.2, 0) is 0 Å². The average molecular weight is 259 g/mol. The van der Waals surface area contributed by atoms with Crippen LogP contribution in [0, 0.1) is 5.92 Å². The topological polar surface area (TPSA) is 15.3 Å². The molecule has 1 fully saturated rings. The van der Waals surface area contributed by atoms with Crippen molar-refractivity contribution in [2.24, 2.45) is 5.92 Å². The zero-order valence-electron chi connectivity index (χ0n) is 9.36. The van der Waals surface area contributed by atoms with Gasteiger partial charge < -0.3 is 5.32 Å². The third kappa shape index (κ3) is 5.37. The molecule has 1 saturated heterocycles. The summed E-state index contributed by atoms with van der Waals surface area (Å²) in [7, 11) is 0. The van der Waals surface area contributed by atoms with Gasteiger partial charge in [0.15, 0.2) is 0 Å². The van der Waals surface area contributed by atoms with Gasteiger partial charge in [0.2, 0.25) is 0 Å². The van der Waals surface area contributed by atoms with E-state index in [4.69, 9.17) is 11.6 Å². The number of nitrogens with one attached hydrogen (secondary N) is 1. The lowest BCUT2D eigenvalue weighted by Crippen LogP contribution is -2.53. The number of nitrogens with zero attached hydrogens (tertiary/aromatic N) is 1. The lowest BCUT2D eigenvalue weighted by molar-refractivity contribution is -0.148. The van der Waals surface area contributed by atoms with Crippen molar-refractivity contribution in [3.05, 3.63) is 0 Å². The summed E-state index contributed by atoms with van der Waals surface area (Å²) in [5, 5.41) is 3.23. The fourth-order valence-electron chi connectivity index (χ4n) is 2.00. The normalized spacial score (nSPS) is 25.7. The molecule has 2 unspecified atom stereocenters. The molecule has 2 nitrogen and oxygen atoms in total. The summed E-state index contributed by atoms with van der Waals surface area (Å²) >= 11 is 5.69. The van der Waals surface area contributed by atoms with Gasteiger partial charge in [-0.2, -0.15) is 13.2 Å². The Bertz CT molecular complexity index is 211. The van der Waals surface area contributed by atoms with E-state index in [-0.39, 0.29) is 6.04 Å². The van der Waals surface area contributed by atoms with Crippen molar-refractivity contribution >= 4 is 11.6 Å². The first-order valence-corrected chi connectivity index (χ1v) is 6.02. The van der Waals surface area contributed by atoms with Gasteiger partial charge in [0.05, 0.1) is 6.54 Å². The second-order valence-corrected chi connectivity index (χ2v) is 4.81. The minimum Gasteiger partial charge on any atom is -0.311 e. The average Bonchev–Trinajstić information content (AvgIpc) is 2.15. The number of halogens is 4. The monoisotopic (exact) mass is 258 g/mol. The molecule has 6 heteroatoms. The SMILES string of the molecule is CC(CCl)CC1CN(CC(F)(F)F)CCN1. The van der Waals surface area contributed by atoms with E-state index in [9.17, 15) is 13.2 Å². The Morgan fingerprint density at radius 3 is 2.75 bits per heavy atom. The minimum atomic E-state index is -4.10. The van der Waals surface area contributed by atoms with Crippen LogP contribution in [0.3, 0.4) is 0 Å². The first-order valence-electron chi connectivity index (χ1n) is 5.49. The van der Waals surface area contributed by atoms with Crippen LogP contribution in [0.4, 0.5) is 13.2 Å². The van der Waals surface area contributed by atoms with Crippen LogP contribution >= 0.6 is 11.6 Å². The van der Waals surface area contributed by atoms with E-state index in [1.54, 1.807) is 0 Å².